The summed E-state index contributed by atoms with van der Waals surface area (Å²) in [7, 11) is 0. The van der Waals surface area contributed by atoms with Crippen LogP contribution in [0.1, 0.15) is 31.6 Å². The fourth-order valence-corrected chi connectivity index (χ4v) is 1.48. The van der Waals surface area contributed by atoms with E-state index in [-0.39, 0.29) is 0 Å². The number of aromatic nitrogens is 2. The molecule has 1 heterocycles. The lowest BCUT2D eigenvalue weighted by Gasteiger charge is -2.16. The Morgan fingerprint density at radius 2 is 2.42 bits per heavy atom. The van der Waals surface area contributed by atoms with Crippen LogP contribution in [0.3, 0.4) is 0 Å². The molecule has 1 unspecified atom stereocenters. The third-order valence-corrected chi connectivity index (χ3v) is 2.15. The Bertz CT molecular complexity index is 229. The maximum atomic E-state index is 5.67. The average Bonchev–Trinajstić information content (AvgIpc) is 2.47. The zero-order valence-corrected chi connectivity index (χ0v) is 7.83. The fraction of sp³-hybridized carbons (Fsp3) is 0.667. The molecular weight excluding hydrogens is 150 g/mol. The monoisotopic (exact) mass is 167 g/mol. The van der Waals surface area contributed by atoms with Gasteiger partial charge in [0.25, 0.3) is 0 Å². The van der Waals surface area contributed by atoms with E-state index in [0.717, 1.165) is 12.2 Å². The number of rotatable bonds is 4. The molecule has 3 heteroatoms. The van der Waals surface area contributed by atoms with Crippen molar-refractivity contribution in [2.45, 2.75) is 32.7 Å². The highest BCUT2D eigenvalue weighted by atomic mass is 15.1. The van der Waals surface area contributed by atoms with Gasteiger partial charge in [-0.25, -0.2) is 4.98 Å². The molecule has 0 bridgehead atoms. The van der Waals surface area contributed by atoms with Crippen LogP contribution in [-0.4, -0.2) is 16.1 Å². The van der Waals surface area contributed by atoms with Crippen molar-refractivity contribution < 1.29 is 0 Å². The zero-order valence-electron chi connectivity index (χ0n) is 7.83. The molecule has 1 atom stereocenters. The van der Waals surface area contributed by atoms with Gasteiger partial charge in [-0.05, 0) is 13.3 Å². The molecule has 0 radical (unpaired) electrons. The molecule has 0 saturated heterocycles. The molecule has 2 N–H and O–H groups in total. The van der Waals surface area contributed by atoms with Gasteiger partial charge in [0.15, 0.2) is 0 Å². The van der Waals surface area contributed by atoms with Crippen LogP contribution in [0.2, 0.25) is 0 Å². The molecule has 1 aromatic rings. The van der Waals surface area contributed by atoms with Crippen molar-refractivity contribution in [3.8, 4) is 0 Å². The van der Waals surface area contributed by atoms with Gasteiger partial charge in [0, 0.05) is 25.0 Å². The van der Waals surface area contributed by atoms with Crippen LogP contribution < -0.4 is 5.73 Å². The van der Waals surface area contributed by atoms with Crippen LogP contribution in [0.4, 0.5) is 0 Å². The summed E-state index contributed by atoms with van der Waals surface area (Å²) in [6.45, 7) is 4.89. The van der Waals surface area contributed by atoms with Gasteiger partial charge in [-0.3, -0.25) is 0 Å². The molecule has 0 spiro atoms. The third kappa shape index (κ3) is 1.85. The summed E-state index contributed by atoms with van der Waals surface area (Å²) < 4.78 is 2.16. The Hall–Kier alpha value is -0.830. The van der Waals surface area contributed by atoms with Gasteiger partial charge in [0.2, 0.25) is 0 Å². The molecule has 0 fully saturated rings. The zero-order chi connectivity index (χ0) is 8.97. The highest BCUT2D eigenvalue weighted by Gasteiger charge is 2.08. The van der Waals surface area contributed by atoms with Gasteiger partial charge in [-0.15, -0.1) is 0 Å². The smallest absolute Gasteiger partial charge is 0.105 e. The van der Waals surface area contributed by atoms with Crippen molar-refractivity contribution in [3.05, 3.63) is 18.2 Å². The first-order valence-corrected chi connectivity index (χ1v) is 4.49. The summed E-state index contributed by atoms with van der Waals surface area (Å²) in [5.41, 5.74) is 5.67. The standard InChI is InChI=1S/C9H17N3/c1-3-4-9(7-10)12-6-5-11-8(12)2/h5-6,9H,3-4,7,10H2,1-2H3. The number of imidazole rings is 1. The van der Waals surface area contributed by atoms with Gasteiger partial charge < -0.3 is 10.3 Å². The molecule has 3 nitrogen and oxygen atoms in total. The van der Waals surface area contributed by atoms with E-state index in [9.17, 15) is 0 Å². The normalized spacial score (nSPS) is 13.2. The van der Waals surface area contributed by atoms with Crippen LogP contribution in [0.25, 0.3) is 0 Å². The fourth-order valence-electron chi connectivity index (χ4n) is 1.48. The van der Waals surface area contributed by atoms with E-state index in [1.807, 2.05) is 19.3 Å². The summed E-state index contributed by atoms with van der Waals surface area (Å²) in [5, 5.41) is 0. The minimum Gasteiger partial charge on any atom is -0.331 e. The molecule has 0 aliphatic heterocycles. The third-order valence-electron chi connectivity index (χ3n) is 2.15. The minimum absolute atomic E-state index is 0.428. The lowest BCUT2D eigenvalue weighted by Crippen LogP contribution is -2.19. The maximum Gasteiger partial charge on any atom is 0.105 e. The van der Waals surface area contributed by atoms with Gasteiger partial charge in [0.05, 0.1) is 0 Å². The van der Waals surface area contributed by atoms with Crippen molar-refractivity contribution in [1.29, 1.82) is 0 Å². The van der Waals surface area contributed by atoms with Crippen molar-refractivity contribution in [3.63, 3.8) is 0 Å². The van der Waals surface area contributed by atoms with Crippen LogP contribution in [-0.2, 0) is 0 Å². The van der Waals surface area contributed by atoms with Crippen molar-refractivity contribution in [2.75, 3.05) is 6.54 Å². The minimum atomic E-state index is 0.428. The first kappa shape index (κ1) is 9.26. The summed E-state index contributed by atoms with van der Waals surface area (Å²) in [4.78, 5) is 4.18. The van der Waals surface area contributed by atoms with E-state index in [2.05, 4.69) is 16.5 Å². The Balaban J connectivity index is 2.72. The molecule has 0 saturated carbocycles. The van der Waals surface area contributed by atoms with Gasteiger partial charge in [-0.1, -0.05) is 13.3 Å². The highest BCUT2D eigenvalue weighted by molar-refractivity contribution is 4.92. The van der Waals surface area contributed by atoms with Gasteiger partial charge in [0.1, 0.15) is 5.82 Å². The van der Waals surface area contributed by atoms with E-state index >= 15 is 0 Å². The van der Waals surface area contributed by atoms with E-state index in [4.69, 9.17) is 5.73 Å². The van der Waals surface area contributed by atoms with Crippen LogP contribution >= 0.6 is 0 Å². The van der Waals surface area contributed by atoms with Crippen molar-refractivity contribution in [2.24, 2.45) is 5.73 Å². The van der Waals surface area contributed by atoms with E-state index in [1.165, 1.54) is 6.42 Å². The molecule has 0 aromatic carbocycles. The number of nitrogens with two attached hydrogens (primary N) is 1. The molecule has 1 rings (SSSR count). The molecule has 12 heavy (non-hydrogen) atoms. The maximum absolute atomic E-state index is 5.67. The second-order valence-electron chi connectivity index (χ2n) is 3.06. The van der Waals surface area contributed by atoms with Crippen LogP contribution in [0.5, 0.6) is 0 Å². The first-order chi connectivity index (χ1) is 5.79. The highest BCUT2D eigenvalue weighted by Crippen LogP contribution is 2.13. The average molecular weight is 167 g/mol. The van der Waals surface area contributed by atoms with E-state index in [0.29, 0.717) is 12.6 Å². The van der Waals surface area contributed by atoms with E-state index < -0.39 is 0 Å². The lowest BCUT2D eigenvalue weighted by atomic mass is 10.1. The number of nitrogens with zero attached hydrogens (tertiary/aromatic N) is 2. The topological polar surface area (TPSA) is 43.8 Å². The Kier molecular flexibility index (Phi) is 3.29. The first-order valence-electron chi connectivity index (χ1n) is 4.49. The second-order valence-corrected chi connectivity index (χ2v) is 3.06. The molecular formula is C9H17N3. The Morgan fingerprint density at radius 3 is 2.83 bits per heavy atom. The summed E-state index contributed by atoms with van der Waals surface area (Å²) in [5.74, 6) is 1.05. The number of hydrogen-bond acceptors (Lipinski definition) is 2. The number of hydrogen-bond donors (Lipinski definition) is 1. The Labute approximate surface area is 73.6 Å². The van der Waals surface area contributed by atoms with Gasteiger partial charge >= 0.3 is 0 Å². The largest absolute Gasteiger partial charge is 0.331 e. The summed E-state index contributed by atoms with van der Waals surface area (Å²) in [6.07, 6.45) is 6.13. The van der Waals surface area contributed by atoms with Crippen molar-refractivity contribution in [1.82, 2.24) is 9.55 Å². The molecule has 0 amide bonds. The Morgan fingerprint density at radius 1 is 1.67 bits per heavy atom. The molecule has 0 aliphatic carbocycles. The van der Waals surface area contributed by atoms with Crippen LogP contribution in [0, 0.1) is 6.92 Å². The molecule has 68 valence electrons. The lowest BCUT2D eigenvalue weighted by molar-refractivity contribution is 0.461. The van der Waals surface area contributed by atoms with E-state index in [1.54, 1.807) is 0 Å². The molecule has 1 aromatic heterocycles. The predicted octanol–water partition coefficient (Wildman–Crippen LogP) is 1.49. The second kappa shape index (κ2) is 4.26. The van der Waals surface area contributed by atoms with Crippen LogP contribution in [0.15, 0.2) is 12.4 Å². The number of aryl methyl sites for hydroxylation is 1. The molecule has 0 aliphatic rings. The van der Waals surface area contributed by atoms with Gasteiger partial charge in [-0.2, -0.15) is 0 Å². The van der Waals surface area contributed by atoms with Crippen molar-refractivity contribution >= 4 is 0 Å². The SMILES string of the molecule is CCCC(CN)n1ccnc1C. The quantitative estimate of drug-likeness (QED) is 0.738. The predicted molar refractivity (Wildman–Crippen MR) is 50.0 cm³/mol. The summed E-state index contributed by atoms with van der Waals surface area (Å²) in [6, 6.07) is 0.428. The summed E-state index contributed by atoms with van der Waals surface area (Å²) >= 11 is 0.